The van der Waals surface area contributed by atoms with Crippen LogP contribution in [0.4, 0.5) is 0 Å². The summed E-state index contributed by atoms with van der Waals surface area (Å²) in [5.74, 6) is 0. The highest BCUT2D eigenvalue weighted by atomic mass is 35.5. The van der Waals surface area contributed by atoms with Gasteiger partial charge in [-0.2, -0.15) is 0 Å². The summed E-state index contributed by atoms with van der Waals surface area (Å²) < 4.78 is 0. The summed E-state index contributed by atoms with van der Waals surface area (Å²) in [5.41, 5.74) is 7.00. The minimum atomic E-state index is 0.0242. The van der Waals surface area contributed by atoms with Crippen LogP contribution in [0.5, 0.6) is 0 Å². The number of hydrogen-bond acceptors (Lipinski definition) is 2. The first-order valence-corrected chi connectivity index (χ1v) is 5.67. The lowest BCUT2D eigenvalue weighted by Gasteiger charge is -2.48. The molecule has 0 unspecified atom stereocenters. The molecule has 1 aromatic carbocycles. The third-order valence-electron chi connectivity index (χ3n) is 3.04. The molecule has 1 fully saturated rings. The molecule has 1 aliphatic heterocycles. The fourth-order valence-electron chi connectivity index (χ4n) is 2.32. The van der Waals surface area contributed by atoms with Crippen molar-refractivity contribution in [2.75, 3.05) is 26.7 Å². The number of rotatable bonds is 2. The van der Waals surface area contributed by atoms with Crippen LogP contribution in [0, 0.1) is 0 Å². The molecule has 2 N–H and O–H groups in total. The maximum atomic E-state index is 6.19. The quantitative estimate of drug-likeness (QED) is 0.864. The van der Waals surface area contributed by atoms with E-state index in [1.165, 1.54) is 0 Å². The van der Waals surface area contributed by atoms with Gasteiger partial charge in [0.25, 0.3) is 0 Å². The predicted octanol–water partition coefficient (Wildman–Crippen LogP) is 2.14. The van der Waals surface area contributed by atoms with Gasteiger partial charge in [0, 0.05) is 35.1 Å². The molecule has 1 aliphatic rings. The molecule has 0 aromatic heterocycles. The van der Waals surface area contributed by atoms with E-state index in [1.807, 2.05) is 12.1 Å². The van der Waals surface area contributed by atoms with Gasteiger partial charge in [0.05, 0.1) is 0 Å². The van der Waals surface area contributed by atoms with Gasteiger partial charge < -0.3 is 10.6 Å². The Morgan fingerprint density at radius 2 is 2.07 bits per heavy atom. The van der Waals surface area contributed by atoms with Gasteiger partial charge >= 0.3 is 0 Å². The largest absolute Gasteiger partial charge is 0.329 e. The van der Waals surface area contributed by atoms with Gasteiger partial charge in [-0.25, -0.2) is 0 Å². The average molecular weight is 245 g/mol. The van der Waals surface area contributed by atoms with Crippen LogP contribution in [0.15, 0.2) is 18.2 Å². The second-order valence-electron chi connectivity index (χ2n) is 4.28. The van der Waals surface area contributed by atoms with Crippen LogP contribution in [0.25, 0.3) is 0 Å². The molecule has 0 bridgehead atoms. The highest BCUT2D eigenvalue weighted by molar-refractivity contribution is 6.35. The Kier molecular flexibility index (Phi) is 2.95. The SMILES string of the molecule is CN1CC(CN)(c2ccc(Cl)cc2Cl)C1. The van der Waals surface area contributed by atoms with Crippen molar-refractivity contribution in [3.63, 3.8) is 0 Å². The number of benzene rings is 1. The molecule has 0 spiro atoms. The Morgan fingerprint density at radius 1 is 1.40 bits per heavy atom. The molecule has 1 aromatic rings. The summed E-state index contributed by atoms with van der Waals surface area (Å²) in [6.45, 7) is 2.55. The number of likely N-dealkylation sites (tertiary alicyclic amines) is 1. The number of likely N-dealkylation sites (N-methyl/N-ethyl adjacent to an activating group) is 1. The lowest BCUT2D eigenvalue weighted by Crippen LogP contribution is -2.61. The average Bonchev–Trinajstić information content (AvgIpc) is 2.13. The topological polar surface area (TPSA) is 29.3 Å². The molecule has 2 rings (SSSR count). The molecular weight excluding hydrogens is 231 g/mol. The molecule has 0 atom stereocenters. The molecule has 82 valence electrons. The van der Waals surface area contributed by atoms with Crippen molar-refractivity contribution in [2.45, 2.75) is 5.41 Å². The normalized spacial score (nSPS) is 20.0. The van der Waals surface area contributed by atoms with Crippen LogP contribution in [-0.2, 0) is 5.41 Å². The zero-order valence-corrected chi connectivity index (χ0v) is 10.1. The standard InChI is InChI=1S/C11H14Cl2N2/c1-15-6-11(5-14,7-15)9-3-2-8(12)4-10(9)13/h2-4H,5-7,14H2,1H3. The first-order valence-electron chi connectivity index (χ1n) is 4.91. The second kappa shape index (κ2) is 3.95. The molecule has 1 heterocycles. The van der Waals surface area contributed by atoms with Crippen molar-refractivity contribution in [1.29, 1.82) is 0 Å². The molecule has 0 amide bonds. The van der Waals surface area contributed by atoms with Crippen molar-refractivity contribution >= 4 is 23.2 Å². The van der Waals surface area contributed by atoms with Gasteiger partial charge in [-0.1, -0.05) is 29.3 Å². The van der Waals surface area contributed by atoms with Crippen LogP contribution >= 0.6 is 23.2 Å². The first-order chi connectivity index (χ1) is 7.07. The third-order valence-corrected chi connectivity index (χ3v) is 3.59. The van der Waals surface area contributed by atoms with E-state index < -0.39 is 0 Å². The van der Waals surface area contributed by atoms with Gasteiger partial charge in [-0.05, 0) is 24.7 Å². The number of nitrogens with two attached hydrogens (primary N) is 1. The Balaban J connectivity index is 2.36. The van der Waals surface area contributed by atoms with E-state index >= 15 is 0 Å². The van der Waals surface area contributed by atoms with E-state index in [0.717, 1.165) is 23.7 Å². The smallest absolute Gasteiger partial charge is 0.0459 e. The van der Waals surface area contributed by atoms with Crippen molar-refractivity contribution in [3.05, 3.63) is 33.8 Å². The van der Waals surface area contributed by atoms with E-state index in [9.17, 15) is 0 Å². The molecule has 15 heavy (non-hydrogen) atoms. The summed E-state index contributed by atoms with van der Waals surface area (Å²) in [5, 5.41) is 1.39. The van der Waals surface area contributed by atoms with Gasteiger partial charge in [0.2, 0.25) is 0 Å². The molecule has 2 nitrogen and oxygen atoms in total. The van der Waals surface area contributed by atoms with E-state index in [0.29, 0.717) is 11.6 Å². The van der Waals surface area contributed by atoms with E-state index in [2.05, 4.69) is 11.9 Å². The fraction of sp³-hybridized carbons (Fsp3) is 0.455. The number of halogens is 2. The summed E-state index contributed by atoms with van der Waals surface area (Å²) >= 11 is 12.1. The molecule has 0 radical (unpaired) electrons. The zero-order valence-electron chi connectivity index (χ0n) is 8.63. The minimum absolute atomic E-state index is 0.0242. The summed E-state index contributed by atoms with van der Waals surface area (Å²) in [4.78, 5) is 2.23. The Labute approximate surface area is 100.0 Å². The fourth-order valence-corrected chi connectivity index (χ4v) is 2.92. The Morgan fingerprint density at radius 3 is 2.53 bits per heavy atom. The number of nitrogens with zero attached hydrogens (tertiary/aromatic N) is 1. The van der Waals surface area contributed by atoms with Gasteiger partial charge in [0.15, 0.2) is 0 Å². The molecule has 1 saturated heterocycles. The highest BCUT2D eigenvalue weighted by Gasteiger charge is 2.42. The monoisotopic (exact) mass is 244 g/mol. The lowest BCUT2D eigenvalue weighted by molar-refractivity contribution is 0.100. The highest BCUT2D eigenvalue weighted by Crippen LogP contribution is 2.37. The second-order valence-corrected chi connectivity index (χ2v) is 5.12. The van der Waals surface area contributed by atoms with E-state index in [4.69, 9.17) is 28.9 Å². The predicted molar refractivity (Wildman–Crippen MR) is 64.7 cm³/mol. The molecule has 0 aliphatic carbocycles. The van der Waals surface area contributed by atoms with Crippen molar-refractivity contribution in [2.24, 2.45) is 5.73 Å². The first kappa shape index (κ1) is 11.2. The van der Waals surface area contributed by atoms with Crippen LogP contribution in [0.2, 0.25) is 10.0 Å². The van der Waals surface area contributed by atoms with Crippen LogP contribution in [0.3, 0.4) is 0 Å². The maximum Gasteiger partial charge on any atom is 0.0459 e. The van der Waals surface area contributed by atoms with Crippen LogP contribution in [-0.4, -0.2) is 31.6 Å². The van der Waals surface area contributed by atoms with Gasteiger partial charge in [-0.15, -0.1) is 0 Å². The molecule has 4 heteroatoms. The molecule has 0 saturated carbocycles. The Hall–Kier alpha value is -0.280. The zero-order chi connectivity index (χ0) is 11.1. The Bertz CT molecular complexity index is 373. The molecular formula is C11H14Cl2N2. The van der Waals surface area contributed by atoms with E-state index in [-0.39, 0.29) is 5.41 Å². The van der Waals surface area contributed by atoms with E-state index in [1.54, 1.807) is 6.07 Å². The lowest BCUT2D eigenvalue weighted by atomic mass is 9.74. The van der Waals surface area contributed by atoms with Gasteiger partial charge in [0.1, 0.15) is 0 Å². The maximum absolute atomic E-state index is 6.19. The third kappa shape index (κ3) is 1.87. The van der Waals surface area contributed by atoms with Crippen molar-refractivity contribution < 1.29 is 0 Å². The minimum Gasteiger partial charge on any atom is -0.329 e. The summed E-state index contributed by atoms with van der Waals surface area (Å²) in [6, 6.07) is 5.65. The van der Waals surface area contributed by atoms with Gasteiger partial charge in [-0.3, -0.25) is 0 Å². The number of hydrogen-bond donors (Lipinski definition) is 1. The van der Waals surface area contributed by atoms with Crippen molar-refractivity contribution in [1.82, 2.24) is 4.90 Å². The van der Waals surface area contributed by atoms with Crippen LogP contribution < -0.4 is 5.73 Å². The van der Waals surface area contributed by atoms with Crippen molar-refractivity contribution in [3.8, 4) is 0 Å². The van der Waals surface area contributed by atoms with Crippen LogP contribution in [0.1, 0.15) is 5.56 Å². The summed E-state index contributed by atoms with van der Waals surface area (Å²) in [6.07, 6.45) is 0. The summed E-state index contributed by atoms with van der Waals surface area (Å²) in [7, 11) is 2.08.